The van der Waals surface area contributed by atoms with Crippen LogP contribution in [-0.2, 0) is 0 Å². The first-order chi connectivity index (χ1) is 7.96. The van der Waals surface area contributed by atoms with Crippen LogP contribution >= 0.6 is 0 Å². The van der Waals surface area contributed by atoms with Gasteiger partial charge in [-0.1, -0.05) is 0 Å². The van der Waals surface area contributed by atoms with Crippen LogP contribution in [0.5, 0.6) is 0 Å². The van der Waals surface area contributed by atoms with E-state index in [1.165, 1.54) is 0 Å². The lowest BCUT2D eigenvalue weighted by Gasteiger charge is -2.21. The number of rotatable bonds is 3. The number of nitrogens with zero attached hydrogens (tertiary/aromatic N) is 1. The monoisotopic (exact) mass is 233 g/mol. The highest BCUT2D eigenvalue weighted by Gasteiger charge is 2.24. The Hall–Kier alpha value is -1.58. The van der Waals surface area contributed by atoms with Gasteiger partial charge < -0.3 is 10.6 Å². The molecule has 0 radical (unpaired) electrons. The molecule has 0 saturated heterocycles. The topological polar surface area (TPSA) is 54.0 Å². The minimum absolute atomic E-state index is 0.0752. The van der Waals surface area contributed by atoms with Crippen molar-refractivity contribution in [3.8, 4) is 0 Å². The zero-order valence-corrected chi connectivity index (χ0v) is 10.6. The third-order valence-corrected chi connectivity index (χ3v) is 2.46. The highest BCUT2D eigenvalue weighted by Crippen LogP contribution is 2.25. The average molecular weight is 233 g/mol. The smallest absolute Gasteiger partial charge is 0.255 e. The lowest BCUT2D eigenvalue weighted by molar-refractivity contribution is 0.0920. The van der Waals surface area contributed by atoms with Crippen LogP contribution in [0.15, 0.2) is 18.3 Å². The summed E-state index contributed by atoms with van der Waals surface area (Å²) in [4.78, 5) is 16.3. The summed E-state index contributed by atoms with van der Waals surface area (Å²) in [5.41, 5.74) is 0.387. The first-order valence-corrected chi connectivity index (χ1v) is 6.00. The first-order valence-electron chi connectivity index (χ1n) is 6.00. The van der Waals surface area contributed by atoms with E-state index in [1.54, 1.807) is 18.3 Å². The Kier molecular flexibility index (Phi) is 3.05. The fourth-order valence-corrected chi connectivity index (χ4v) is 1.53. The maximum absolute atomic E-state index is 12.1. The van der Waals surface area contributed by atoms with Gasteiger partial charge in [0.2, 0.25) is 0 Å². The number of anilines is 1. The third kappa shape index (κ3) is 3.44. The van der Waals surface area contributed by atoms with Crippen molar-refractivity contribution in [3.05, 3.63) is 23.9 Å². The molecule has 1 heterocycles. The fraction of sp³-hybridized carbons (Fsp3) is 0.538. The number of hydrogen-bond donors (Lipinski definition) is 2. The summed E-state index contributed by atoms with van der Waals surface area (Å²) in [5, 5.41) is 6.23. The van der Waals surface area contributed by atoms with Gasteiger partial charge in [-0.2, -0.15) is 0 Å². The molecule has 0 aromatic carbocycles. The molecule has 17 heavy (non-hydrogen) atoms. The van der Waals surface area contributed by atoms with Gasteiger partial charge in [-0.3, -0.25) is 4.79 Å². The van der Waals surface area contributed by atoms with Gasteiger partial charge in [-0.15, -0.1) is 0 Å². The molecule has 2 rings (SSSR count). The van der Waals surface area contributed by atoms with Crippen LogP contribution in [0.4, 0.5) is 5.82 Å². The zero-order chi connectivity index (χ0) is 12.5. The van der Waals surface area contributed by atoms with Crippen molar-refractivity contribution in [2.75, 3.05) is 5.32 Å². The Morgan fingerprint density at radius 2 is 2.12 bits per heavy atom. The molecule has 1 aromatic rings. The molecule has 1 fully saturated rings. The van der Waals surface area contributed by atoms with Crippen molar-refractivity contribution in [3.63, 3.8) is 0 Å². The van der Waals surface area contributed by atoms with E-state index in [0.29, 0.717) is 17.4 Å². The number of aromatic nitrogens is 1. The molecule has 1 aliphatic rings. The summed E-state index contributed by atoms with van der Waals surface area (Å²) in [7, 11) is 0. The number of pyridine rings is 1. The van der Waals surface area contributed by atoms with Crippen molar-refractivity contribution >= 4 is 11.7 Å². The molecule has 1 amide bonds. The van der Waals surface area contributed by atoms with E-state index in [4.69, 9.17) is 0 Å². The third-order valence-electron chi connectivity index (χ3n) is 2.46. The summed E-state index contributed by atoms with van der Waals surface area (Å²) >= 11 is 0. The van der Waals surface area contributed by atoms with Crippen molar-refractivity contribution in [1.82, 2.24) is 10.3 Å². The molecule has 0 spiro atoms. The van der Waals surface area contributed by atoms with Crippen LogP contribution in [0.2, 0.25) is 0 Å². The zero-order valence-electron chi connectivity index (χ0n) is 10.6. The molecule has 4 heteroatoms. The van der Waals surface area contributed by atoms with E-state index < -0.39 is 0 Å². The molecule has 0 bridgehead atoms. The van der Waals surface area contributed by atoms with E-state index in [1.807, 2.05) is 20.8 Å². The molecular weight excluding hydrogens is 214 g/mol. The average Bonchev–Trinajstić information content (AvgIpc) is 3.00. The Morgan fingerprint density at radius 3 is 2.71 bits per heavy atom. The van der Waals surface area contributed by atoms with E-state index in [9.17, 15) is 4.79 Å². The molecule has 1 saturated carbocycles. The summed E-state index contributed by atoms with van der Waals surface area (Å²) in [5.74, 6) is 0.616. The molecular formula is C13H19N3O. The summed E-state index contributed by atoms with van der Waals surface area (Å²) in [6, 6.07) is 4.08. The van der Waals surface area contributed by atoms with Crippen molar-refractivity contribution in [1.29, 1.82) is 0 Å². The van der Waals surface area contributed by atoms with Crippen LogP contribution in [0.3, 0.4) is 0 Å². The SMILES string of the molecule is CC(C)(C)NC(=O)c1cccnc1NC1CC1. The van der Waals surface area contributed by atoms with Gasteiger partial charge >= 0.3 is 0 Å². The first kappa shape index (κ1) is 11.9. The van der Waals surface area contributed by atoms with Gasteiger partial charge in [0.15, 0.2) is 0 Å². The van der Waals surface area contributed by atoms with Crippen LogP contribution in [0.25, 0.3) is 0 Å². The minimum atomic E-state index is -0.232. The lowest BCUT2D eigenvalue weighted by Crippen LogP contribution is -2.40. The molecule has 92 valence electrons. The second kappa shape index (κ2) is 4.35. The van der Waals surface area contributed by atoms with Crippen LogP contribution in [0.1, 0.15) is 44.0 Å². The number of carbonyl (C=O) groups excluding carboxylic acids is 1. The molecule has 1 aromatic heterocycles. The van der Waals surface area contributed by atoms with Crippen molar-refractivity contribution < 1.29 is 4.79 Å². The predicted molar refractivity (Wildman–Crippen MR) is 68.1 cm³/mol. The molecule has 0 atom stereocenters. The van der Waals surface area contributed by atoms with Gasteiger partial charge in [0.25, 0.3) is 5.91 Å². The van der Waals surface area contributed by atoms with Crippen LogP contribution in [0, 0.1) is 0 Å². The van der Waals surface area contributed by atoms with Gasteiger partial charge in [0.05, 0.1) is 5.56 Å². The second-order valence-electron chi connectivity index (χ2n) is 5.52. The standard InChI is InChI=1S/C13H19N3O/c1-13(2,3)16-12(17)10-5-4-8-14-11(10)15-9-6-7-9/h4-5,8-9H,6-7H2,1-3H3,(H,14,15)(H,16,17). The highest BCUT2D eigenvalue weighted by atomic mass is 16.1. The van der Waals surface area contributed by atoms with Crippen molar-refractivity contribution in [2.45, 2.75) is 45.2 Å². The number of hydrogen-bond acceptors (Lipinski definition) is 3. The van der Waals surface area contributed by atoms with Gasteiger partial charge in [0.1, 0.15) is 5.82 Å². The maximum Gasteiger partial charge on any atom is 0.255 e. The quantitative estimate of drug-likeness (QED) is 0.841. The van der Waals surface area contributed by atoms with Gasteiger partial charge in [-0.25, -0.2) is 4.98 Å². The normalized spacial score (nSPS) is 15.5. The van der Waals surface area contributed by atoms with Crippen LogP contribution in [-0.4, -0.2) is 22.5 Å². The minimum Gasteiger partial charge on any atom is -0.367 e. The van der Waals surface area contributed by atoms with Crippen molar-refractivity contribution in [2.24, 2.45) is 0 Å². The Balaban J connectivity index is 2.15. The molecule has 0 aliphatic heterocycles. The maximum atomic E-state index is 12.1. The number of carbonyl (C=O) groups is 1. The Morgan fingerprint density at radius 1 is 1.41 bits per heavy atom. The van der Waals surface area contributed by atoms with E-state index >= 15 is 0 Å². The molecule has 2 N–H and O–H groups in total. The fourth-order valence-electron chi connectivity index (χ4n) is 1.53. The Bertz CT molecular complexity index is 419. The number of amides is 1. The summed E-state index contributed by atoms with van der Waals surface area (Å²) in [6.45, 7) is 5.90. The van der Waals surface area contributed by atoms with E-state index in [0.717, 1.165) is 12.8 Å². The number of nitrogens with one attached hydrogen (secondary N) is 2. The summed E-state index contributed by atoms with van der Waals surface area (Å²) in [6.07, 6.45) is 4.03. The second-order valence-corrected chi connectivity index (χ2v) is 5.52. The molecule has 1 aliphatic carbocycles. The van der Waals surface area contributed by atoms with Crippen LogP contribution < -0.4 is 10.6 Å². The van der Waals surface area contributed by atoms with E-state index in [2.05, 4.69) is 15.6 Å². The Labute approximate surface area is 102 Å². The van der Waals surface area contributed by atoms with E-state index in [-0.39, 0.29) is 11.4 Å². The van der Waals surface area contributed by atoms with Gasteiger partial charge in [0, 0.05) is 17.8 Å². The largest absolute Gasteiger partial charge is 0.367 e. The lowest BCUT2D eigenvalue weighted by atomic mass is 10.1. The van der Waals surface area contributed by atoms with Gasteiger partial charge in [-0.05, 0) is 45.7 Å². The molecule has 4 nitrogen and oxygen atoms in total. The summed E-state index contributed by atoms with van der Waals surface area (Å²) < 4.78 is 0. The highest BCUT2D eigenvalue weighted by molar-refractivity contribution is 5.99. The predicted octanol–water partition coefficient (Wildman–Crippen LogP) is 2.18. The molecule has 0 unspecified atom stereocenters.